The van der Waals surface area contributed by atoms with Crippen molar-refractivity contribution < 1.29 is 9.53 Å². The van der Waals surface area contributed by atoms with Crippen molar-refractivity contribution in [2.75, 3.05) is 17.7 Å². The lowest BCUT2D eigenvalue weighted by Gasteiger charge is -2.12. The quantitative estimate of drug-likeness (QED) is 0.823. The zero-order chi connectivity index (χ0) is 12.0. The Kier molecular flexibility index (Phi) is 4.57. The second-order valence-electron chi connectivity index (χ2n) is 3.50. The van der Waals surface area contributed by atoms with Gasteiger partial charge in [0.25, 0.3) is 0 Å². The maximum atomic E-state index is 10.9. The van der Waals surface area contributed by atoms with Crippen molar-refractivity contribution in [3.8, 4) is 0 Å². The molecule has 1 unspecified atom stereocenters. The van der Waals surface area contributed by atoms with E-state index in [-0.39, 0.29) is 0 Å². The molecule has 5 heteroatoms. The third-order valence-corrected chi connectivity index (χ3v) is 2.20. The van der Waals surface area contributed by atoms with Gasteiger partial charge in [-0.3, -0.25) is 5.32 Å². The summed E-state index contributed by atoms with van der Waals surface area (Å²) in [5, 5.41) is 5.77. The summed E-state index contributed by atoms with van der Waals surface area (Å²) in [7, 11) is 1.32. The van der Waals surface area contributed by atoms with Crippen LogP contribution in [-0.4, -0.2) is 24.2 Å². The zero-order valence-corrected chi connectivity index (χ0v) is 9.78. The Bertz CT molecular complexity index is 338. The second-order valence-corrected chi connectivity index (χ2v) is 3.50. The molecule has 1 amide bonds. The number of nitrogens with one attached hydrogen (secondary N) is 2. The Morgan fingerprint density at radius 2 is 2.31 bits per heavy atom. The highest BCUT2D eigenvalue weighted by Gasteiger charge is 2.02. The number of carbonyl (C=O) groups excluding carboxylic acids is 1. The molecule has 1 heterocycles. The molecule has 2 N–H and O–H groups in total. The molecule has 0 aliphatic heterocycles. The number of carbonyl (C=O) groups is 1. The molecule has 0 aliphatic carbocycles. The van der Waals surface area contributed by atoms with Gasteiger partial charge in [-0.15, -0.1) is 0 Å². The number of amides is 1. The van der Waals surface area contributed by atoms with Crippen LogP contribution in [0, 0.1) is 0 Å². The summed E-state index contributed by atoms with van der Waals surface area (Å²) in [6, 6.07) is 3.97. The van der Waals surface area contributed by atoms with Gasteiger partial charge >= 0.3 is 6.09 Å². The molecular formula is C11H17N3O2. The van der Waals surface area contributed by atoms with Crippen molar-refractivity contribution >= 4 is 17.6 Å². The molecule has 1 rings (SSSR count). The van der Waals surface area contributed by atoms with Crippen LogP contribution in [0.15, 0.2) is 18.3 Å². The first-order valence-corrected chi connectivity index (χ1v) is 5.23. The average molecular weight is 223 g/mol. The number of hydrogen-bond donors (Lipinski definition) is 2. The number of nitrogens with zero attached hydrogens (tertiary/aromatic N) is 1. The lowest BCUT2D eigenvalue weighted by molar-refractivity contribution is 0.187. The second kappa shape index (κ2) is 5.95. The number of pyridine rings is 1. The molecule has 0 spiro atoms. The molecule has 1 atom stereocenters. The van der Waals surface area contributed by atoms with E-state index in [9.17, 15) is 4.79 Å². The van der Waals surface area contributed by atoms with Crippen LogP contribution < -0.4 is 10.6 Å². The van der Waals surface area contributed by atoms with Crippen molar-refractivity contribution in [2.24, 2.45) is 0 Å². The van der Waals surface area contributed by atoms with Gasteiger partial charge < -0.3 is 10.1 Å². The van der Waals surface area contributed by atoms with Crippen LogP contribution in [-0.2, 0) is 4.74 Å². The average Bonchev–Trinajstić information content (AvgIpc) is 2.31. The van der Waals surface area contributed by atoms with Crippen LogP contribution in [0.1, 0.15) is 20.3 Å². The van der Waals surface area contributed by atoms with Gasteiger partial charge in [0, 0.05) is 6.04 Å². The van der Waals surface area contributed by atoms with Crippen molar-refractivity contribution in [1.82, 2.24) is 4.98 Å². The maximum Gasteiger partial charge on any atom is 0.411 e. The van der Waals surface area contributed by atoms with E-state index in [1.54, 1.807) is 12.3 Å². The molecule has 16 heavy (non-hydrogen) atoms. The first-order valence-electron chi connectivity index (χ1n) is 5.23. The Hall–Kier alpha value is -1.78. The summed E-state index contributed by atoms with van der Waals surface area (Å²) in [6.07, 6.45) is 2.12. The minimum atomic E-state index is -0.496. The number of methoxy groups -OCH3 is 1. The van der Waals surface area contributed by atoms with Gasteiger partial charge in [0.05, 0.1) is 19.0 Å². The summed E-state index contributed by atoms with van der Waals surface area (Å²) < 4.78 is 4.47. The minimum absolute atomic E-state index is 0.381. The summed E-state index contributed by atoms with van der Waals surface area (Å²) >= 11 is 0. The molecule has 5 nitrogen and oxygen atoms in total. The predicted molar refractivity (Wildman–Crippen MR) is 63.6 cm³/mol. The summed E-state index contributed by atoms with van der Waals surface area (Å²) in [5.41, 5.74) is 0.613. The van der Waals surface area contributed by atoms with E-state index in [0.29, 0.717) is 11.7 Å². The van der Waals surface area contributed by atoms with Gasteiger partial charge in [-0.2, -0.15) is 0 Å². The van der Waals surface area contributed by atoms with E-state index in [1.165, 1.54) is 7.11 Å². The molecule has 0 radical (unpaired) electrons. The Balaban J connectivity index is 2.57. The van der Waals surface area contributed by atoms with E-state index in [4.69, 9.17) is 0 Å². The number of ether oxygens (including phenoxy) is 1. The van der Waals surface area contributed by atoms with E-state index in [1.807, 2.05) is 6.07 Å². The number of anilines is 2. The van der Waals surface area contributed by atoms with Gasteiger partial charge in [0.1, 0.15) is 5.82 Å². The van der Waals surface area contributed by atoms with Gasteiger partial charge in [-0.1, -0.05) is 6.92 Å². The molecule has 0 saturated carbocycles. The predicted octanol–water partition coefficient (Wildman–Crippen LogP) is 2.47. The Morgan fingerprint density at radius 1 is 1.56 bits per heavy atom. The lowest BCUT2D eigenvalue weighted by Crippen LogP contribution is -2.15. The van der Waals surface area contributed by atoms with E-state index in [0.717, 1.165) is 12.2 Å². The van der Waals surface area contributed by atoms with Crippen LogP contribution in [0.4, 0.5) is 16.3 Å². The number of rotatable bonds is 4. The first-order chi connectivity index (χ1) is 7.65. The molecule has 0 aromatic carbocycles. The zero-order valence-electron chi connectivity index (χ0n) is 9.78. The van der Waals surface area contributed by atoms with E-state index >= 15 is 0 Å². The molecule has 0 aliphatic rings. The molecule has 0 saturated heterocycles. The molecule has 0 fully saturated rings. The van der Waals surface area contributed by atoms with Gasteiger partial charge in [0.2, 0.25) is 0 Å². The fourth-order valence-electron chi connectivity index (χ4n) is 1.08. The molecule has 0 bridgehead atoms. The third kappa shape index (κ3) is 3.76. The Labute approximate surface area is 95.2 Å². The monoisotopic (exact) mass is 223 g/mol. The number of aromatic nitrogens is 1. The van der Waals surface area contributed by atoms with E-state index < -0.39 is 6.09 Å². The fourth-order valence-corrected chi connectivity index (χ4v) is 1.08. The van der Waals surface area contributed by atoms with Crippen LogP contribution in [0.3, 0.4) is 0 Å². The van der Waals surface area contributed by atoms with Crippen LogP contribution in [0.25, 0.3) is 0 Å². The molecular weight excluding hydrogens is 206 g/mol. The Morgan fingerprint density at radius 3 is 2.81 bits per heavy atom. The highest BCUT2D eigenvalue weighted by Crippen LogP contribution is 2.11. The molecule has 88 valence electrons. The van der Waals surface area contributed by atoms with Crippen molar-refractivity contribution in [3.05, 3.63) is 18.3 Å². The standard InChI is InChI=1S/C11H17N3O2/c1-4-8(2)13-10-6-5-9(7-12-10)14-11(15)16-3/h5-8H,4H2,1-3H3,(H,12,13)(H,14,15). The van der Waals surface area contributed by atoms with Crippen LogP contribution in [0.5, 0.6) is 0 Å². The van der Waals surface area contributed by atoms with Crippen molar-refractivity contribution in [3.63, 3.8) is 0 Å². The number of hydrogen-bond acceptors (Lipinski definition) is 4. The van der Waals surface area contributed by atoms with Crippen molar-refractivity contribution in [1.29, 1.82) is 0 Å². The molecule has 1 aromatic rings. The van der Waals surface area contributed by atoms with Crippen molar-refractivity contribution in [2.45, 2.75) is 26.3 Å². The summed E-state index contributed by atoms with van der Waals surface area (Å²) in [4.78, 5) is 15.1. The third-order valence-electron chi connectivity index (χ3n) is 2.20. The van der Waals surface area contributed by atoms with Gasteiger partial charge in [0.15, 0.2) is 0 Å². The summed E-state index contributed by atoms with van der Waals surface area (Å²) in [5.74, 6) is 0.796. The normalized spacial score (nSPS) is 11.7. The SMILES string of the molecule is CCC(C)Nc1ccc(NC(=O)OC)cn1. The van der Waals surface area contributed by atoms with Gasteiger partial charge in [-0.05, 0) is 25.5 Å². The minimum Gasteiger partial charge on any atom is -0.453 e. The largest absolute Gasteiger partial charge is 0.453 e. The van der Waals surface area contributed by atoms with Gasteiger partial charge in [-0.25, -0.2) is 9.78 Å². The first kappa shape index (κ1) is 12.3. The highest BCUT2D eigenvalue weighted by atomic mass is 16.5. The topological polar surface area (TPSA) is 63.2 Å². The van der Waals surface area contributed by atoms with Crippen LogP contribution in [0.2, 0.25) is 0 Å². The van der Waals surface area contributed by atoms with E-state index in [2.05, 4.69) is 34.2 Å². The molecule has 1 aromatic heterocycles. The fraction of sp³-hybridized carbons (Fsp3) is 0.455. The summed E-state index contributed by atoms with van der Waals surface area (Å²) in [6.45, 7) is 4.19. The lowest BCUT2D eigenvalue weighted by atomic mass is 10.2. The van der Waals surface area contributed by atoms with Crippen LogP contribution >= 0.6 is 0 Å². The smallest absolute Gasteiger partial charge is 0.411 e. The highest BCUT2D eigenvalue weighted by molar-refractivity contribution is 5.84. The maximum absolute atomic E-state index is 10.9.